The van der Waals surface area contributed by atoms with Crippen LogP contribution in [0.25, 0.3) is 0 Å². The minimum absolute atomic E-state index is 0.110. The second-order valence-corrected chi connectivity index (χ2v) is 7.26. The summed E-state index contributed by atoms with van der Waals surface area (Å²) in [5.41, 5.74) is 0.818. The molecule has 27 heavy (non-hydrogen) atoms. The Kier molecular flexibility index (Phi) is 8.88. The van der Waals surface area contributed by atoms with Crippen LogP contribution in [-0.2, 0) is 0 Å². The monoisotopic (exact) mass is 376 g/mol. The number of ether oxygens (including phenoxy) is 1. The van der Waals surface area contributed by atoms with E-state index in [1.165, 1.54) is 12.8 Å². The predicted molar refractivity (Wildman–Crippen MR) is 111 cm³/mol. The Morgan fingerprint density at radius 2 is 2.07 bits per heavy atom. The predicted octanol–water partition coefficient (Wildman–Crippen LogP) is 2.55. The minimum atomic E-state index is -0.658. The second-order valence-electron chi connectivity index (χ2n) is 7.26. The number of rotatable bonds is 11. The van der Waals surface area contributed by atoms with E-state index in [2.05, 4.69) is 27.4 Å². The summed E-state index contributed by atoms with van der Waals surface area (Å²) in [7, 11) is 0. The number of hydrogen-bond donors (Lipinski definition) is 3. The molecule has 1 fully saturated rings. The first kappa shape index (κ1) is 21.5. The third-order valence-corrected chi connectivity index (χ3v) is 4.54. The van der Waals surface area contributed by atoms with Gasteiger partial charge in [0.25, 0.3) is 0 Å². The highest BCUT2D eigenvalue weighted by Crippen LogP contribution is 2.25. The molecule has 0 bridgehead atoms. The number of nitrogens with one attached hydrogen (secondary N) is 2. The van der Waals surface area contributed by atoms with Crippen LogP contribution in [0, 0.1) is 0 Å². The van der Waals surface area contributed by atoms with E-state index in [1.54, 1.807) is 0 Å². The van der Waals surface area contributed by atoms with Gasteiger partial charge in [-0.1, -0.05) is 19.1 Å². The van der Waals surface area contributed by atoms with Crippen molar-refractivity contribution in [1.82, 2.24) is 15.5 Å². The lowest BCUT2D eigenvalue weighted by Gasteiger charge is -2.21. The van der Waals surface area contributed by atoms with Crippen LogP contribution < -0.4 is 15.4 Å². The lowest BCUT2D eigenvalue weighted by Crippen LogP contribution is -2.42. The van der Waals surface area contributed by atoms with Gasteiger partial charge in [-0.15, -0.1) is 0 Å². The van der Waals surface area contributed by atoms with Crippen molar-refractivity contribution in [2.45, 2.75) is 58.8 Å². The third-order valence-electron chi connectivity index (χ3n) is 4.54. The molecule has 0 aliphatic heterocycles. The first-order valence-corrected chi connectivity index (χ1v) is 10.2. The van der Waals surface area contributed by atoms with E-state index < -0.39 is 6.10 Å². The SMILES string of the molecule is CCNC(=NCC(O)c1cccc(OC(C)C)c1)NCCN(CC)C1CC1. The molecule has 1 saturated carbocycles. The van der Waals surface area contributed by atoms with Gasteiger partial charge in [-0.3, -0.25) is 9.89 Å². The van der Waals surface area contributed by atoms with Crippen molar-refractivity contribution in [3.8, 4) is 5.75 Å². The van der Waals surface area contributed by atoms with Crippen molar-refractivity contribution in [2.75, 3.05) is 32.7 Å². The summed E-state index contributed by atoms with van der Waals surface area (Å²) in [6, 6.07) is 8.38. The average Bonchev–Trinajstić information content (AvgIpc) is 3.47. The van der Waals surface area contributed by atoms with Crippen LogP contribution in [0.4, 0.5) is 0 Å². The zero-order chi connectivity index (χ0) is 19.6. The average molecular weight is 377 g/mol. The molecule has 1 aliphatic rings. The number of guanidine groups is 1. The van der Waals surface area contributed by atoms with Crippen molar-refractivity contribution in [2.24, 2.45) is 4.99 Å². The Morgan fingerprint density at radius 3 is 2.70 bits per heavy atom. The largest absolute Gasteiger partial charge is 0.491 e. The van der Waals surface area contributed by atoms with E-state index in [4.69, 9.17) is 4.74 Å². The number of hydrogen-bond acceptors (Lipinski definition) is 4. The standard InChI is InChI=1S/C21H36N4O2/c1-5-22-21(23-12-13-25(6-2)18-10-11-18)24-15-20(26)17-8-7-9-19(14-17)27-16(3)4/h7-9,14,16,18,20,26H,5-6,10-13,15H2,1-4H3,(H2,22,23,24). The molecule has 6 nitrogen and oxygen atoms in total. The Hall–Kier alpha value is -1.79. The number of aliphatic hydroxyl groups is 1. The molecule has 3 N–H and O–H groups in total. The van der Waals surface area contributed by atoms with Gasteiger partial charge in [-0.2, -0.15) is 0 Å². The molecule has 0 aromatic heterocycles. The lowest BCUT2D eigenvalue weighted by molar-refractivity contribution is 0.185. The number of nitrogens with zero attached hydrogens (tertiary/aromatic N) is 2. The molecule has 2 rings (SSSR count). The highest BCUT2D eigenvalue weighted by molar-refractivity contribution is 5.79. The van der Waals surface area contributed by atoms with E-state index in [0.29, 0.717) is 6.54 Å². The molecule has 1 atom stereocenters. The van der Waals surface area contributed by atoms with Crippen molar-refractivity contribution in [1.29, 1.82) is 0 Å². The van der Waals surface area contributed by atoms with Crippen molar-refractivity contribution >= 4 is 5.96 Å². The van der Waals surface area contributed by atoms with Gasteiger partial charge in [0.1, 0.15) is 5.75 Å². The lowest BCUT2D eigenvalue weighted by atomic mass is 10.1. The van der Waals surface area contributed by atoms with Gasteiger partial charge < -0.3 is 20.5 Å². The number of aliphatic hydroxyl groups excluding tert-OH is 1. The van der Waals surface area contributed by atoms with E-state index >= 15 is 0 Å². The quantitative estimate of drug-likeness (QED) is 0.409. The highest BCUT2D eigenvalue weighted by atomic mass is 16.5. The molecular formula is C21H36N4O2. The van der Waals surface area contributed by atoms with Gasteiger partial charge in [0.05, 0.1) is 18.8 Å². The number of aliphatic imine (C=N–C) groups is 1. The third kappa shape index (κ3) is 7.77. The van der Waals surface area contributed by atoms with Crippen LogP contribution in [0.15, 0.2) is 29.3 Å². The number of likely N-dealkylation sites (N-methyl/N-ethyl adjacent to an activating group) is 1. The molecule has 0 spiro atoms. The maximum absolute atomic E-state index is 10.5. The van der Waals surface area contributed by atoms with Crippen LogP contribution in [0.2, 0.25) is 0 Å². The Morgan fingerprint density at radius 1 is 1.30 bits per heavy atom. The molecule has 1 aromatic rings. The molecule has 6 heteroatoms. The Labute approximate surface area is 164 Å². The van der Waals surface area contributed by atoms with Gasteiger partial charge >= 0.3 is 0 Å². The maximum Gasteiger partial charge on any atom is 0.191 e. The molecule has 0 radical (unpaired) electrons. The molecule has 0 heterocycles. The summed E-state index contributed by atoms with van der Waals surface area (Å²) in [6.07, 6.45) is 2.11. The first-order chi connectivity index (χ1) is 13.0. The molecular weight excluding hydrogens is 340 g/mol. The highest BCUT2D eigenvalue weighted by Gasteiger charge is 2.27. The van der Waals surface area contributed by atoms with Crippen LogP contribution in [-0.4, -0.2) is 60.8 Å². The van der Waals surface area contributed by atoms with Gasteiger partial charge in [0, 0.05) is 25.7 Å². The topological polar surface area (TPSA) is 69.1 Å². The molecule has 152 valence electrons. The van der Waals surface area contributed by atoms with Gasteiger partial charge in [0.2, 0.25) is 0 Å². The summed E-state index contributed by atoms with van der Waals surface area (Å²) in [4.78, 5) is 7.05. The zero-order valence-corrected chi connectivity index (χ0v) is 17.2. The fourth-order valence-corrected chi connectivity index (χ4v) is 3.05. The summed E-state index contributed by atoms with van der Waals surface area (Å²) in [5, 5.41) is 17.1. The minimum Gasteiger partial charge on any atom is -0.491 e. The van der Waals surface area contributed by atoms with Crippen LogP contribution >= 0.6 is 0 Å². The van der Waals surface area contributed by atoms with Crippen LogP contribution in [0.1, 0.15) is 52.2 Å². The van der Waals surface area contributed by atoms with E-state index in [9.17, 15) is 5.11 Å². The van der Waals surface area contributed by atoms with Crippen molar-refractivity contribution < 1.29 is 9.84 Å². The van der Waals surface area contributed by atoms with Gasteiger partial charge in [-0.05, 0) is 57.9 Å². The van der Waals surface area contributed by atoms with Crippen molar-refractivity contribution in [3.63, 3.8) is 0 Å². The smallest absolute Gasteiger partial charge is 0.191 e. The summed E-state index contributed by atoms with van der Waals surface area (Å²) in [6.45, 7) is 12.3. The Bertz CT molecular complexity index is 587. The summed E-state index contributed by atoms with van der Waals surface area (Å²) in [5.74, 6) is 1.52. The van der Waals surface area contributed by atoms with E-state index in [0.717, 1.165) is 49.5 Å². The number of benzene rings is 1. The van der Waals surface area contributed by atoms with Crippen LogP contribution in [0.3, 0.4) is 0 Å². The van der Waals surface area contributed by atoms with E-state index in [1.807, 2.05) is 45.0 Å². The second kappa shape index (κ2) is 11.1. The molecule has 1 aromatic carbocycles. The van der Waals surface area contributed by atoms with Crippen LogP contribution in [0.5, 0.6) is 5.75 Å². The molecule has 1 aliphatic carbocycles. The first-order valence-electron chi connectivity index (χ1n) is 10.2. The summed E-state index contributed by atoms with van der Waals surface area (Å²) >= 11 is 0. The fraction of sp³-hybridized carbons (Fsp3) is 0.667. The van der Waals surface area contributed by atoms with Crippen molar-refractivity contribution in [3.05, 3.63) is 29.8 Å². The zero-order valence-electron chi connectivity index (χ0n) is 17.2. The Balaban J connectivity index is 1.86. The fourth-order valence-electron chi connectivity index (χ4n) is 3.05. The van der Waals surface area contributed by atoms with Gasteiger partial charge in [0.15, 0.2) is 5.96 Å². The normalized spacial score (nSPS) is 15.9. The molecule has 0 amide bonds. The molecule has 0 saturated heterocycles. The van der Waals surface area contributed by atoms with Gasteiger partial charge in [-0.25, -0.2) is 0 Å². The molecule has 1 unspecified atom stereocenters. The summed E-state index contributed by atoms with van der Waals surface area (Å²) < 4.78 is 5.70. The van der Waals surface area contributed by atoms with E-state index in [-0.39, 0.29) is 6.10 Å². The maximum atomic E-state index is 10.5.